The molecule has 2 aromatic rings. The van der Waals surface area contributed by atoms with Gasteiger partial charge in [-0.1, -0.05) is 24.3 Å². The minimum Gasteiger partial charge on any atom is -0.466 e. The summed E-state index contributed by atoms with van der Waals surface area (Å²) in [7, 11) is 0. The van der Waals surface area contributed by atoms with Gasteiger partial charge >= 0.3 is 17.9 Å². The molecule has 0 aliphatic heterocycles. The minimum atomic E-state index is -0.899. The van der Waals surface area contributed by atoms with E-state index < -0.39 is 23.0 Å². The first-order valence-electron chi connectivity index (χ1n) is 11.5. The van der Waals surface area contributed by atoms with Gasteiger partial charge in [-0.3, -0.25) is 9.59 Å². The van der Waals surface area contributed by atoms with Gasteiger partial charge in [0.2, 0.25) is 0 Å². The molecular weight excluding hydrogens is 516 g/mol. The van der Waals surface area contributed by atoms with Crippen molar-refractivity contribution in [3.8, 4) is 16.9 Å². The van der Waals surface area contributed by atoms with Crippen molar-refractivity contribution in [3.63, 3.8) is 0 Å². The monoisotopic (exact) mass is 544 g/mol. The highest BCUT2D eigenvalue weighted by Crippen LogP contribution is 2.24. The van der Waals surface area contributed by atoms with Crippen molar-refractivity contribution in [2.75, 3.05) is 13.2 Å². The molecule has 0 saturated carbocycles. The molecule has 202 valence electrons. The van der Waals surface area contributed by atoms with Crippen LogP contribution in [-0.2, 0) is 19.2 Å². The normalized spacial score (nSPS) is 9.92. The second-order valence-corrected chi connectivity index (χ2v) is 8.03. The van der Waals surface area contributed by atoms with Crippen molar-refractivity contribution in [3.05, 3.63) is 76.4 Å². The Balaban J connectivity index is 0.00000168. The van der Waals surface area contributed by atoms with Gasteiger partial charge in [0.25, 0.3) is 5.09 Å². The number of thioether (sulfide) groups is 1. The average Bonchev–Trinajstić information content (AvgIpc) is 2.91. The van der Waals surface area contributed by atoms with Gasteiger partial charge in [0.1, 0.15) is 22.5 Å². The number of esters is 3. The number of unbranched alkanes of at least 4 members (excludes halogenated alkanes) is 1. The van der Waals surface area contributed by atoms with Crippen molar-refractivity contribution >= 4 is 29.7 Å². The zero-order valence-electron chi connectivity index (χ0n) is 21.0. The average molecular weight is 545 g/mol. The van der Waals surface area contributed by atoms with E-state index in [0.717, 1.165) is 11.8 Å². The highest BCUT2D eigenvalue weighted by Gasteiger charge is 2.18. The third-order valence-corrected chi connectivity index (χ3v) is 4.99. The number of carbonyl (C=O) groups excluding carboxylic acids is 3. The van der Waals surface area contributed by atoms with Gasteiger partial charge < -0.3 is 19.0 Å². The molecule has 12 heteroatoms. The van der Waals surface area contributed by atoms with Crippen LogP contribution in [0, 0.1) is 20.8 Å². The van der Waals surface area contributed by atoms with E-state index in [2.05, 4.69) is 4.84 Å². The number of para-hydroxylation sites is 1. The Morgan fingerprint density at radius 2 is 1.58 bits per heavy atom. The highest BCUT2D eigenvalue weighted by atomic mass is 32.2. The number of rotatable bonds is 13. The Kier molecular flexibility index (Phi) is 15.7. The fourth-order valence-corrected chi connectivity index (χ4v) is 2.87. The number of nitrogens with zero attached hydrogens (tertiary/aromatic N) is 2. The number of carbonyl (C=O) groups is 3. The number of nitriles is 1. The predicted molar refractivity (Wildman–Crippen MR) is 138 cm³/mol. The van der Waals surface area contributed by atoms with Crippen LogP contribution < -0.4 is 9.47 Å². The van der Waals surface area contributed by atoms with Crippen LogP contribution in [0.1, 0.15) is 49.9 Å². The smallest absolute Gasteiger partial charge is 0.347 e. The molecule has 38 heavy (non-hydrogen) atoms. The molecule has 0 fully saturated rings. The van der Waals surface area contributed by atoms with E-state index in [0.29, 0.717) is 17.7 Å². The molecule has 11 nitrogen and oxygen atoms in total. The maximum absolute atomic E-state index is 12.5. The third-order valence-electron chi connectivity index (χ3n) is 4.39. The van der Waals surface area contributed by atoms with Crippen LogP contribution in [0.3, 0.4) is 0 Å². The van der Waals surface area contributed by atoms with E-state index >= 15 is 0 Å². The molecule has 0 bridgehead atoms. The zero-order chi connectivity index (χ0) is 28.2. The van der Waals surface area contributed by atoms with Crippen LogP contribution >= 0.6 is 11.8 Å². The number of hydrogen-bond donors (Lipinski definition) is 0. The maximum Gasteiger partial charge on any atom is 0.347 e. The summed E-state index contributed by atoms with van der Waals surface area (Å²) >= 11 is 0.971. The number of allylic oxidation sites excluding steroid dienone is 2. The summed E-state index contributed by atoms with van der Waals surface area (Å²) in [6.45, 7) is 3.95. The van der Waals surface area contributed by atoms with Crippen molar-refractivity contribution in [1.82, 2.24) is 0 Å². The summed E-state index contributed by atoms with van der Waals surface area (Å²) in [5.74, 6) is -1.88. The second-order valence-electron chi connectivity index (χ2n) is 7.18. The largest absolute Gasteiger partial charge is 0.466 e. The Bertz CT molecular complexity index is 1120. The Morgan fingerprint density at radius 3 is 2.21 bits per heavy atom. The van der Waals surface area contributed by atoms with Crippen molar-refractivity contribution in [2.24, 2.45) is 0 Å². The van der Waals surface area contributed by atoms with E-state index in [9.17, 15) is 24.5 Å². The van der Waals surface area contributed by atoms with Gasteiger partial charge in [-0.15, -0.1) is 10.1 Å². The summed E-state index contributed by atoms with van der Waals surface area (Å²) in [5.41, 5.74) is 0.0193. The molecule has 2 rings (SSSR count). The quantitative estimate of drug-likeness (QED) is 0.0472. The van der Waals surface area contributed by atoms with E-state index in [1.807, 2.05) is 31.4 Å². The van der Waals surface area contributed by atoms with E-state index in [-0.39, 0.29) is 43.1 Å². The van der Waals surface area contributed by atoms with Gasteiger partial charge in [0.15, 0.2) is 0 Å². The Labute approximate surface area is 224 Å². The molecule has 0 N–H and O–H groups in total. The summed E-state index contributed by atoms with van der Waals surface area (Å²) in [4.78, 5) is 51.2. The minimum absolute atomic E-state index is 0.0193. The van der Waals surface area contributed by atoms with E-state index in [1.165, 1.54) is 24.3 Å². The van der Waals surface area contributed by atoms with Crippen LogP contribution in [0.4, 0.5) is 0 Å². The first kappa shape index (κ1) is 31.7. The van der Waals surface area contributed by atoms with Crippen LogP contribution in [0.2, 0.25) is 0 Å². The molecule has 0 aromatic heterocycles. The van der Waals surface area contributed by atoms with Crippen LogP contribution in [0.5, 0.6) is 11.5 Å². The molecule has 0 aliphatic rings. The standard InChI is InChI=1S/C22H20N2O9S.C4H8/c23-15-34-17-9-7-16(8-10-17)32-22(27)18-5-1-2-6-19(18)33-21(26)12-11-20(25)30-13-3-4-14-31-24(28)29;1-3-4-2/h1-2,5-10H,3-4,11-14H2;3-4H,1-2H3/b;4-3-. The van der Waals surface area contributed by atoms with Crippen molar-refractivity contribution < 1.29 is 38.5 Å². The molecule has 0 spiro atoms. The molecule has 0 atom stereocenters. The zero-order valence-corrected chi connectivity index (χ0v) is 21.8. The van der Waals surface area contributed by atoms with Gasteiger partial charge in [-0.25, -0.2) is 4.79 Å². The van der Waals surface area contributed by atoms with Gasteiger partial charge in [-0.2, -0.15) is 5.26 Å². The molecule has 2 aromatic carbocycles. The number of hydrogen-bond acceptors (Lipinski definition) is 11. The highest BCUT2D eigenvalue weighted by molar-refractivity contribution is 8.03. The number of benzene rings is 2. The van der Waals surface area contributed by atoms with Gasteiger partial charge in [-0.05, 0) is 74.8 Å². The summed E-state index contributed by atoms with van der Waals surface area (Å²) in [5, 5.41) is 19.7. The van der Waals surface area contributed by atoms with Crippen molar-refractivity contribution in [1.29, 1.82) is 5.26 Å². The summed E-state index contributed by atoms with van der Waals surface area (Å²) in [6, 6.07) is 12.3. The molecule has 0 saturated heterocycles. The number of ether oxygens (including phenoxy) is 3. The third kappa shape index (κ3) is 13.6. The topological polar surface area (TPSA) is 155 Å². The van der Waals surface area contributed by atoms with Crippen LogP contribution in [0.25, 0.3) is 0 Å². The second kappa shape index (κ2) is 18.8. The Morgan fingerprint density at radius 1 is 0.947 bits per heavy atom. The maximum atomic E-state index is 12.5. The SMILES string of the molecule is C/C=C\C.N#CSc1ccc(OC(=O)c2ccccc2OC(=O)CCC(=O)OCCCCO[N+](=O)[O-])cc1. The molecular formula is C26H28N2O9S. The summed E-state index contributed by atoms with van der Waals surface area (Å²) < 4.78 is 15.5. The fourth-order valence-electron chi connectivity index (χ4n) is 2.49. The lowest BCUT2D eigenvalue weighted by Crippen LogP contribution is -2.16. The lowest BCUT2D eigenvalue weighted by Gasteiger charge is -2.10. The van der Waals surface area contributed by atoms with Crippen molar-refractivity contribution in [2.45, 2.75) is 44.4 Å². The Hall–Kier alpha value is -4.37. The lowest BCUT2D eigenvalue weighted by molar-refractivity contribution is -0.757. The lowest BCUT2D eigenvalue weighted by atomic mass is 10.2. The molecule has 0 unspecified atom stereocenters. The van der Waals surface area contributed by atoms with Gasteiger partial charge in [0.05, 0.1) is 26.1 Å². The summed E-state index contributed by atoms with van der Waals surface area (Å²) in [6.07, 6.45) is 4.21. The molecule has 0 heterocycles. The van der Waals surface area contributed by atoms with E-state index in [1.54, 1.807) is 24.3 Å². The fraction of sp³-hybridized carbons (Fsp3) is 0.308. The molecule has 0 radical (unpaired) electrons. The first-order valence-corrected chi connectivity index (χ1v) is 12.3. The van der Waals surface area contributed by atoms with E-state index in [4.69, 9.17) is 19.5 Å². The van der Waals surface area contributed by atoms with Crippen LogP contribution in [-0.4, -0.2) is 36.2 Å². The van der Waals surface area contributed by atoms with Crippen LogP contribution in [0.15, 0.2) is 65.6 Å². The predicted octanol–water partition coefficient (Wildman–Crippen LogP) is 5.28. The number of thiocyanates is 1. The van der Waals surface area contributed by atoms with Gasteiger partial charge in [0, 0.05) is 4.90 Å². The first-order chi connectivity index (χ1) is 18.3. The molecule has 0 aliphatic carbocycles. The molecule has 0 amide bonds.